The van der Waals surface area contributed by atoms with Crippen molar-refractivity contribution in [3.63, 3.8) is 0 Å². The standard InChI is InChI=1S/C77H62O5S3/c1-54(78)83-45-65-19-13-57(14-20-65)5-9-61-27-37-69(38-28-61)74-48-75(70-39-29-62(30-40-70)10-6-58-15-21-66(22-16-58)46-84-55(2)79)50-76(49-74,71-41-31-63(32-42-71)11-7-59-17-23-67(24-18-59)47-85-56(3)80)53-77(51-74,52-75)72-43-33-64(34-44-72)12-8-60-25-35-68(36-26-60)73(81)82-4/h13-44H,45-53H2,1-4H3. The van der Waals surface area contributed by atoms with Gasteiger partial charge in [-0.25, -0.2) is 4.79 Å². The zero-order chi connectivity index (χ0) is 59.0. The van der Waals surface area contributed by atoms with Crippen molar-refractivity contribution in [3.05, 3.63) is 283 Å². The van der Waals surface area contributed by atoms with Crippen molar-refractivity contribution in [1.29, 1.82) is 0 Å². The maximum absolute atomic E-state index is 12.1. The molecule has 4 aliphatic rings. The number of benzene rings is 8. The Kier molecular flexibility index (Phi) is 17.4. The van der Waals surface area contributed by atoms with Gasteiger partial charge in [0.25, 0.3) is 0 Å². The number of carbonyl (C=O) groups excluding carboxylic acids is 4. The zero-order valence-electron chi connectivity index (χ0n) is 48.1. The van der Waals surface area contributed by atoms with E-state index in [0.717, 1.165) is 99.7 Å². The molecule has 8 aromatic carbocycles. The lowest BCUT2D eigenvalue weighted by atomic mass is 9.32. The molecule has 4 bridgehead atoms. The SMILES string of the molecule is COC(=O)c1ccc(C#Cc2ccc(C34CC5(c6ccc(C#Cc7ccc(CSC(C)=O)cc7)cc6)CC(c6ccc(C#Cc7ccc(CSC(C)=O)cc7)cc6)(CC(c6ccc(C#Cc7ccc(CSC(C)=O)cc7)cc6)(C5)C3)C4)cc2)cc1. The summed E-state index contributed by atoms with van der Waals surface area (Å²) in [6, 6.07) is 68.1. The second-order valence-electron chi connectivity index (χ2n) is 23.0. The van der Waals surface area contributed by atoms with Gasteiger partial charge in [-0.2, -0.15) is 0 Å². The quantitative estimate of drug-likeness (QED) is 0.0936. The third-order valence-corrected chi connectivity index (χ3v) is 19.6. The van der Waals surface area contributed by atoms with Crippen LogP contribution in [0, 0.1) is 47.4 Å². The summed E-state index contributed by atoms with van der Waals surface area (Å²) in [5.41, 5.74) is 15.7. The van der Waals surface area contributed by atoms with E-state index >= 15 is 0 Å². The van der Waals surface area contributed by atoms with Crippen LogP contribution in [0.2, 0.25) is 0 Å². The Bertz CT molecular complexity index is 3740. The third-order valence-electron chi connectivity index (χ3n) is 16.9. The maximum Gasteiger partial charge on any atom is 0.337 e. The van der Waals surface area contributed by atoms with Gasteiger partial charge in [0.05, 0.1) is 12.7 Å². The fourth-order valence-corrected chi connectivity index (χ4v) is 15.2. The Morgan fingerprint density at radius 1 is 0.318 bits per heavy atom. The summed E-state index contributed by atoms with van der Waals surface area (Å²) in [5, 5.41) is 0.324. The Hall–Kier alpha value is -8.47. The van der Waals surface area contributed by atoms with E-state index < -0.39 is 0 Å². The van der Waals surface area contributed by atoms with Crippen LogP contribution in [0.5, 0.6) is 0 Å². The summed E-state index contributed by atoms with van der Waals surface area (Å²) in [7, 11) is 1.38. The molecular weight excluding hydrogens is 1100 g/mol. The first-order chi connectivity index (χ1) is 41.2. The van der Waals surface area contributed by atoms with Crippen LogP contribution in [0.25, 0.3) is 0 Å². The Labute approximate surface area is 513 Å². The van der Waals surface area contributed by atoms with E-state index in [-0.39, 0.29) is 43.0 Å². The topological polar surface area (TPSA) is 77.5 Å². The molecule has 0 aromatic heterocycles. The van der Waals surface area contributed by atoms with Gasteiger partial charge in [-0.3, -0.25) is 14.4 Å². The first kappa shape index (κ1) is 58.3. The molecule has 0 amide bonds. The first-order valence-corrected chi connectivity index (χ1v) is 31.5. The minimum atomic E-state index is -0.376. The monoisotopic (exact) mass is 1160 g/mol. The van der Waals surface area contributed by atoms with E-state index in [9.17, 15) is 19.2 Å². The van der Waals surface area contributed by atoms with Crippen molar-refractivity contribution in [2.24, 2.45) is 0 Å². The Morgan fingerprint density at radius 3 is 0.694 bits per heavy atom. The van der Waals surface area contributed by atoms with Crippen molar-refractivity contribution >= 4 is 56.6 Å². The van der Waals surface area contributed by atoms with Crippen LogP contribution in [-0.2, 0) is 58.0 Å². The van der Waals surface area contributed by atoms with Gasteiger partial charge in [-0.15, -0.1) is 0 Å². The normalized spacial score (nSPS) is 19.5. The Morgan fingerprint density at radius 2 is 0.506 bits per heavy atom. The van der Waals surface area contributed by atoms with Crippen molar-refractivity contribution < 1.29 is 23.9 Å². The van der Waals surface area contributed by atoms with Gasteiger partial charge >= 0.3 is 5.97 Å². The minimum Gasteiger partial charge on any atom is -0.465 e. The highest BCUT2D eigenvalue weighted by atomic mass is 32.2. The molecule has 85 heavy (non-hydrogen) atoms. The number of ether oxygens (including phenoxy) is 1. The molecule has 4 fully saturated rings. The smallest absolute Gasteiger partial charge is 0.337 e. The van der Waals surface area contributed by atoms with Crippen LogP contribution in [0.1, 0.15) is 153 Å². The van der Waals surface area contributed by atoms with Crippen LogP contribution in [0.3, 0.4) is 0 Å². The number of thioether (sulfide) groups is 3. The van der Waals surface area contributed by atoms with Gasteiger partial charge in [-0.1, -0.05) is 168 Å². The molecule has 12 rings (SSSR count). The highest BCUT2D eigenvalue weighted by molar-refractivity contribution is 8.13. The maximum atomic E-state index is 12.1. The molecule has 0 radical (unpaired) electrons. The number of esters is 1. The summed E-state index contributed by atoms with van der Waals surface area (Å²) >= 11 is 3.94. The van der Waals surface area contributed by atoms with E-state index in [1.165, 1.54) is 64.6 Å². The number of rotatable bonds is 11. The summed E-state index contributed by atoms with van der Waals surface area (Å²) < 4.78 is 4.91. The third kappa shape index (κ3) is 13.7. The lowest BCUT2D eigenvalue weighted by molar-refractivity contribution is -0.109. The molecule has 5 nitrogen and oxygen atoms in total. The minimum absolute atomic E-state index is 0.108. The summed E-state index contributed by atoms with van der Waals surface area (Å²) in [6.07, 6.45) is 5.96. The molecular formula is C77H62O5S3. The van der Waals surface area contributed by atoms with Crippen molar-refractivity contribution in [2.75, 3.05) is 7.11 Å². The summed E-state index contributed by atoms with van der Waals surface area (Å²) in [6.45, 7) is 4.79. The predicted octanol–water partition coefficient (Wildman–Crippen LogP) is 15.8. The highest BCUT2D eigenvalue weighted by Gasteiger charge is 2.69. The Balaban J connectivity index is 0.975. The number of hydrogen-bond acceptors (Lipinski definition) is 8. The van der Waals surface area contributed by atoms with Gasteiger partial charge in [0.2, 0.25) is 0 Å². The molecule has 4 aliphatic carbocycles. The van der Waals surface area contributed by atoms with E-state index in [2.05, 4.69) is 181 Å². The second kappa shape index (κ2) is 25.4. The fourth-order valence-electron chi connectivity index (χ4n) is 13.5. The van der Waals surface area contributed by atoms with Crippen molar-refractivity contribution in [1.82, 2.24) is 0 Å². The highest BCUT2D eigenvalue weighted by Crippen LogP contribution is 2.74. The molecule has 0 unspecified atom stereocenters. The number of methoxy groups -OCH3 is 1. The fraction of sp³-hybridized carbons (Fsp3) is 0.221. The van der Waals surface area contributed by atoms with E-state index in [1.54, 1.807) is 32.9 Å². The largest absolute Gasteiger partial charge is 0.465 e. The average molecular weight is 1160 g/mol. The average Bonchev–Trinajstić information content (AvgIpc) is 0.681. The van der Waals surface area contributed by atoms with Crippen LogP contribution >= 0.6 is 35.3 Å². The predicted molar refractivity (Wildman–Crippen MR) is 347 cm³/mol. The first-order valence-electron chi connectivity index (χ1n) is 28.5. The molecule has 0 N–H and O–H groups in total. The lowest BCUT2D eigenvalue weighted by Crippen LogP contribution is -2.67. The molecule has 8 heteroatoms. The molecule has 0 saturated heterocycles. The molecule has 0 spiro atoms. The zero-order valence-corrected chi connectivity index (χ0v) is 50.6. The molecule has 418 valence electrons. The van der Waals surface area contributed by atoms with Crippen LogP contribution in [-0.4, -0.2) is 28.4 Å². The van der Waals surface area contributed by atoms with Gasteiger partial charge in [0.15, 0.2) is 15.3 Å². The summed E-state index contributed by atoms with van der Waals surface area (Å²) in [4.78, 5) is 46.9. The van der Waals surface area contributed by atoms with Crippen molar-refractivity contribution in [3.8, 4) is 47.4 Å². The van der Waals surface area contributed by atoms with Crippen LogP contribution < -0.4 is 0 Å². The molecule has 0 aliphatic heterocycles. The van der Waals surface area contributed by atoms with Crippen LogP contribution in [0.4, 0.5) is 0 Å². The molecule has 0 heterocycles. The van der Waals surface area contributed by atoms with Gasteiger partial charge in [-0.05, 0) is 208 Å². The summed E-state index contributed by atoms with van der Waals surface area (Å²) in [5.74, 6) is 28.8. The molecule has 4 saturated carbocycles. The van der Waals surface area contributed by atoms with Crippen molar-refractivity contribution in [2.45, 2.75) is 98.2 Å². The van der Waals surface area contributed by atoms with Gasteiger partial charge in [0.1, 0.15) is 0 Å². The number of hydrogen-bond donors (Lipinski definition) is 0. The number of carbonyl (C=O) groups is 4. The van der Waals surface area contributed by atoms with Gasteiger partial charge < -0.3 is 4.74 Å². The molecule has 0 atom stereocenters. The molecule has 8 aromatic rings. The second-order valence-corrected chi connectivity index (χ2v) is 26.4. The van der Waals surface area contributed by atoms with E-state index in [4.69, 9.17) is 4.74 Å². The van der Waals surface area contributed by atoms with Gasteiger partial charge in [0, 0.05) is 82.5 Å². The lowest BCUT2D eigenvalue weighted by Gasteiger charge is -2.71. The van der Waals surface area contributed by atoms with E-state index in [1.807, 2.05) is 48.5 Å². The van der Waals surface area contributed by atoms with Crippen LogP contribution in [0.15, 0.2) is 194 Å². The van der Waals surface area contributed by atoms with E-state index in [0.29, 0.717) is 22.8 Å².